The van der Waals surface area contributed by atoms with Crippen LogP contribution in [-0.2, 0) is 4.74 Å². The summed E-state index contributed by atoms with van der Waals surface area (Å²) in [6, 6.07) is 16.8. The smallest absolute Gasteiger partial charge is 0.337 e. The fourth-order valence-electron chi connectivity index (χ4n) is 3.17. The molecular weight excluding hydrogens is 378 g/mol. The Kier molecular flexibility index (Phi) is 4.95. The van der Waals surface area contributed by atoms with Crippen LogP contribution in [0.25, 0.3) is 34.0 Å². The van der Waals surface area contributed by atoms with Crippen LogP contribution in [0.15, 0.2) is 52.9 Å². The lowest BCUT2D eigenvalue weighted by molar-refractivity contribution is 0.0600. The highest BCUT2D eigenvalue weighted by Gasteiger charge is 2.12. The van der Waals surface area contributed by atoms with Crippen LogP contribution in [0.2, 0.25) is 0 Å². The third-order valence-corrected chi connectivity index (χ3v) is 4.98. The number of hydrogen-bond acceptors (Lipinski definition) is 5. The number of nitrogens with one attached hydrogen (secondary N) is 1. The topological polar surface area (TPSA) is 91.9 Å². The molecule has 30 heavy (non-hydrogen) atoms. The number of aryl methyl sites for hydroxylation is 2. The van der Waals surface area contributed by atoms with Gasteiger partial charge in [0, 0.05) is 11.6 Å². The number of nitriles is 1. The van der Waals surface area contributed by atoms with Gasteiger partial charge in [-0.2, -0.15) is 5.26 Å². The van der Waals surface area contributed by atoms with Gasteiger partial charge in [-0.15, -0.1) is 0 Å². The molecule has 0 amide bonds. The van der Waals surface area contributed by atoms with E-state index in [9.17, 15) is 10.1 Å². The van der Waals surface area contributed by atoms with Gasteiger partial charge in [0.2, 0.25) is 0 Å². The van der Waals surface area contributed by atoms with E-state index in [1.54, 1.807) is 36.4 Å². The van der Waals surface area contributed by atoms with E-state index < -0.39 is 0 Å². The number of aromatic nitrogens is 2. The van der Waals surface area contributed by atoms with Crippen molar-refractivity contribution in [3.63, 3.8) is 0 Å². The number of allylic oxidation sites excluding steroid dienone is 1. The fraction of sp³-hybridized carbons (Fsp3) is 0.125. The molecule has 0 bridgehead atoms. The number of furan rings is 1. The summed E-state index contributed by atoms with van der Waals surface area (Å²) >= 11 is 0. The predicted molar refractivity (Wildman–Crippen MR) is 115 cm³/mol. The highest BCUT2D eigenvalue weighted by molar-refractivity contribution is 5.91. The lowest BCUT2D eigenvalue weighted by atomic mass is 10.1. The number of fused-ring (bicyclic) bond motifs is 1. The van der Waals surface area contributed by atoms with E-state index in [0.29, 0.717) is 28.5 Å². The van der Waals surface area contributed by atoms with E-state index in [-0.39, 0.29) is 5.97 Å². The molecule has 0 atom stereocenters. The van der Waals surface area contributed by atoms with Crippen molar-refractivity contribution in [2.45, 2.75) is 13.8 Å². The highest BCUT2D eigenvalue weighted by Crippen LogP contribution is 2.26. The third kappa shape index (κ3) is 3.61. The minimum atomic E-state index is -0.389. The molecule has 148 valence electrons. The monoisotopic (exact) mass is 397 g/mol. The minimum absolute atomic E-state index is 0.378. The van der Waals surface area contributed by atoms with Gasteiger partial charge in [0.05, 0.1) is 29.3 Å². The molecule has 0 radical (unpaired) electrons. The van der Waals surface area contributed by atoms with E-state index in [1.807, 2.05) is 32.0 Å². The molecule has 0 saturated carbocycles. The quantitative estimate of drug-likeness (QED) is 0.373. The molecule has 6 nitrogen and oxygen atoms in total. The van der Waals surface area contributed by atoms with Crippen molar-refractivity contribution in [2.75, 3.05) is 7.11 Å². The van der Waals surface area contributed by atoms with Gasteiger partial charge in [0.1, 0.15) is 23.4 Å². The van der Waals surface area contributed by atoms with Gasteiger partial charge < -0.3 is 14.1 Å². The Morgan fingerprint density at radius 3 is 2.57 bits per heavy atom. The van der Waals surface area contributed by atoms with Gasteiger partial charge >= 0.3 is 5.97 Å². The van der Waals surface area contributed by atoms with Crippen molar-refractivity contribution in [2.24, 2.45) is 0 Å². The number of carbonyl (C=O) groups excluding carboxylic acids is 1. The molecule has 2 aromatic carbocycles. The van der Waals surface area contributed by atoms with Gasteiger partial charge in [0.25, 0.3) is 0 Å². The maximum absolute atomic E-state index is 11.6. The van der Waals surface area contributed by atoms with Gasteiger partial charge in [-0.3, -0.25) is 0 Å². The SMILES string of the molecule is COC(=O)c1ccc(-c2ccc(C=C(C#N)c3nc4cc(C)c(C)cc4[nH]3)o2)cc1. The number of ether oxygens (including phenoxy) is 1. The number of aromatic amines is 1. The van der Waals surface area contributed by atoms with E-state index in [4.69, 9.17) is 9.15 Å². The zero-order valence-electron chi connectivity index (χ0n) is 16.8. The van der Waals surface area contributed by atoms with Crippen molar-refractivity contribution in [3.05, 3.63) is 76.8 Å². The van der Waals surface area contributed by atoms with Gasteiger partial charge in [0.15, 0.2) is 0 Å². The molecule has 1 N–H and O–H groups in total. The number of hydrogen-bond donors (Lipinski definition) is 1. The maximum Gasteiger partial charge on any atom is 0.337 e. The van der Waals surface area contributed by atoms with E-state index in [1.165, 1.54) is 7.11 Å². The number of benzene rings is 2. The molecule has 2 heterocycles. The summed E-state index contributed by atoms with van der Waals surface area (Å²) in [7, 11) is 1.35. The lowest BCUT2D eigenvalue weighted by Gasteiger charge is -2.00. The van der Waals surface area contributed by atoms with Crippen molar-refractivity contribution in [1.82, 2.24) is 9.97 Å². The molecule has 0 fully saturated rings. The molecule has 0 unspecified atom stereocenters. The van der Waals surface area contributed by atoms with Crippen molar-refractivity contribution < 1.29 is 13.9 Å². The average Bonchev–Trinajstić information content (AvgIpc) is 3.38. The van der Waals surface area contributed by atoms with Crippen LogP contribution in [0.5, 0.6) is 0 Å². The standard InChI is InChI=1S/C24H19N3O3/c1-14-10-20-21(11-15(14)2)27-23(26-20)18(13-25)12-19-8-9-22(30-19)16-4-6-17(7-5-16)24(28)29-3/h4-12H,1-3H3,(H,26,27). The first-order valence-corrected chi connectivity index (χ1v) is 9.36. The zero-order chi connectivity index (χ0) is 21.3. The summed E-state index contributed by atoms with van der Waals surface area (Å²) in [6.07, 6.45) is 1.66. The molecule has 0 saturated heterocycles. The van der Waals surface area contributed by atoms with Crippen molar-refractivity contribution >= 4 is 28.7 Å². The number of nitrogens with zero attached hydrogens (tertiary/aromatic N) is 2. The normalized spacial score (nSPS) is 11.5. The van der Waals surface area contributed by atoms with Crippen LogP contribution >= 0.6 is 0 Å². The molecule has 4 aromatic rings. The molecule has 0 aliphatic heterocycles. The molecular formula is C24H19N3O3. The molecule has 2 aromatic heterocycles. The Bertz CT molecular complexity index is 1280. The van der Waals surface area contributed by atoms with Crippen molar-refractivity contribution in [1.29, 1.82) is 5.26 Å². The van der Waals surface area contributed by atoms with Crippen LogP contribution in [-0.4, -0.2) is 23.0 Å². The van der Waals surface area contributed by atoms with Crippen LogP contribution in [0, 0.1) is 25.2 Å². The molecule has 0 aliphatic rings. The number of H-pyrrole nitrogens is 1. The minimum Gasteiger partial charge on any atom is -0.465 e. The lowest BCUT2D eigenvalue weighted by Crippen LogP contribution is -2.00. The second-order valence-electron chi connectivity index (χ2n) is 6.98. The van der Waals surface area contributed by atoms with Crippen molar-refractivity contribution in [3.8, 4) is 17.4 Å². The Balaban J connectivity index is 1.64. The number of rotatable bonds is 4. The number of carbonyl (C=O) groups is 1. The van der Waals surface area contributed by atoms with E-state index in [0.717, 1.165) is 27.7 Å². The first-order chi connectivity index (χ1) is 14.5. The predicted octanol–water partition coefficient (Wildman–Crippen LogP) is 5.29. The summed E-state index contributed by atoms with van der Waals surface area (Å²) in [5, 5.41) is 9.64. The van der Waals surface area contributed by atoms with Gasteiger partial charge in [-0.25, -0.2) is 9.78 Å². The Hall–Kier alpha value is -4.11. The Labute approximate surface area is 173 Å². The largest absolute Gasteiger partial charge is 0.465 e. The van der Waals surface area contributed by atoms with Crippen LogP contribution in [0.3, 0.4) is 0 Å². The average molecular weight is 397 g/mol. The second-order valence-corrected chi connectivity index (χ2v) is 6.98. The Morgan fingerprint density at radius 1 is 1.13 bits per heavy atom. The fourth-order valence-corrected chi connectivity index (χ4v) is 3.17. The zero-order valence-corrected chi connectivity index (χ0v) is 16.8. The third-order valence-electron chi connectivity index (χ3n) is 4.98. The van der Waals surface area contributed by atoms with Crippen LogP contribution < -0.4 is 0 Å². The Morgan fingerprint density at radius 2 is 1.87 bits per heavy atom. The maximum atomic E-state index is 11.6. The summed E-state index contributed by atoms with van der Waals surface area (Å²) in [4.78, 5) is 19.3. The first-order valence-electron chi connectivity index (χ1n) is 9.36. The van der Waals surface area contributed by atoms with E-state index >= 15 is 0 Å². The van der Waals surface area contributed by atoms with Gasteiger partial charge in [-0.05, 0) is 61.4 Å². The number of esters is 1. The second kappa shape index (κ2) is 7.72. The summed E-state index contributed by atoms with van der Waals surface area (Å²) in [5.74, 6) is 1.27. The number of methoxy groups -OCH3 is 1. The summed E-state index contributed by atoms with van der Waals surface area (Å²) < 4.78 is 10.6. The molecule has 6 heteroatoms. The summed E-state index contributed by atoms with van der Waals surface area (Å²) in [6.45, 7) is 4.07. The first kappa shape index (κ1) is 19.2. The van der Waals surface area contributed by atoms with Crippen LogP contribution in [0.4, 0.5) is 0 Å². The molecule has 0 spiro atoms. The van der Waals surface area contributed by atoms with E-state index in [2.05, 4.69) is 16.0 Å². The summed E-state index contributed by atoms with van der Waals surface area (Å²) in [5.41, 5.74) is 5.68. The highest BCUT2D eigenvalue weighted by atomic mass is 16.5. The van der Waals surface area contributed by atoms with Gasteiger partial charge in [-0.1, -0.05) is 12.1 Å². The number of imidazole rings is 1. The van der Waals surface area contributed by atoms with Crippen LogP contribution in [0.1, 0.15) is 33.1 Å². The molecule has 0 aliphatic carbocycles. The molecule has 4 rings (SSSR count).